The van der Waals surface area contributed by atoms with E-state index < -0.39 is 0 Å². The third kappa shape index (κ3) is 5.09. The van der Waals surface area contributed by atoms with Gasteiger partial charge in [-0.15, -0.1) is 0 Å². The van der Waals surface area contributed by atoms with E-state index in [0.717, 1.165) is 22.9 Å². The molecule has 0 bridgehead atoms. The number of rotatable bonds is 6. The van der Waals surface area contributed by atoms with E-state index in [-0.39, 0.29) is 0 Å². The van der Waals surface area contributed by atoms with Crippen molar-refractivity contribution in [2.45, 2.75) is 24.9 Å². The highest BCUT2D eigenvalue weighted by Gasteiger charge is 2.12. The first-order chi connectivity index (χ1) is 8.04. The summed E-state index contributed by atoms with van der Waals surface area (Å²) in [5.41, 5.74) is 1.16. The first-order valence-corrected chi connectivity index (χ1v) is 7.55. The van der Waals surface area contributed by atoms with Crippen molar-refractivity contribution < 1.29 is 0 Å². The van der Waals surface area contributed by atoms with E-state index in [1.807, 2.05) is 30.9 Å². The number of hydrogen-bond donors (Lipinski definition) is 1. The van der Waals surface area contributed by atoms with Gasteiger partial charge in [0.25, 0.3) is 0 Å². The Morgan fingerprint density at radius 1 is 1.29 bits per heavy atom. The smallest absolute Gasteiger partial charge is 0.0461 e. The molecule has 96 valence electrons. The molecule has 0 aromatic heterocycles. The predicted octanol–water partition coefficient (Wildman–Crippen LogP) is 4.47. The SMILES string of the molecule is CNCC(C)C(C)SCc1ccc(Cl)cc1Cl. The maximum atomic E-state index is 6.14. The molecule has 0 aliphatic rings. The minimum atomic E-state index is 0.606. The standard InChI is InChI=1S/C13H19Cl2NS/c1-9(7-16-3)10(2)17-8-11-4-5-12(14)6-13(11)15/h4-6,9-10,16H,7-8H2,1-3H3. The van der Waals surface area contributed by atoms with Crippen LogP contribution in [0.25, 0.3) is 0 Å². The number of benzene rings is 1. The monoisotopic (exact) mass is 291 g/mol. The number of nitrogens with one attached hydrogen (secondary N) is 1. The van der Waals surface area contributed by atoms with Crippen LogP contribution in [0.2, 0.25) is 10.0 Å². The Hall–Kier alpha value is 0.110. The summed E-state index contributed by atoms with van der Waals surface area (Å²) in [6, 6.07) is 5.71. The van der Waals surface area contributed by atoms with Crippen LogP contribution >= 0.6 is 35.0 Å². The number of hydrogen-bond acceptors (Lipinski definition) is 2. The van der Waals surface area contributed by atoms with Crippen molar-refractivity contribution >= 4 is 35.0 Å². The molecule has 0 spiro atoms. The van der Waals surface area contributed by atoms with E-state index in [9.17, 15) is 0 Å². The summed E-state index contributed by atoms with van der Waals surface area (Å²) in [5, 5.41) is 5.27. The number of thioether (sulfide) groups is 1. The quantitative estimate of drug-likeness (QED) is 0.830. The lowest BCUT2D eigenvalue weighted by molar-refractivity contribution is 0.540. The molecule has 1 rings (SSSR count). The average Bonchev–Trinajstić information content (AvgIpc) is 2.27. The Morgan fingerprint density at radius 2 is 2.00 bits per heavy atom. The third-order valence-electron chi connectivity index (χ3n) is 2.84. The summed E-state index contributed by atoms with van der Waals surface area (Å²) < 4.78 is 0. The van der Waals surface area contributed by atoms with Crippen LogP contribution < -0.4 is 5.32 Å². The van der Waals surface area contributed by atoms with Gasteiger partial charge >= 0.3 is 0 Å². The summed E-state index contributed by atoms with van der Waals surface area (Å²) >= 11 is 13.9. The second kappa shape index (κ2) is 7.52. The van der Waals surface area contributed by atoms with Crippen LogP contribution in [0.5, 0.6) is 0 Å². The lowest BCUT2D eigenvalue weighted by Gasteiger charge is -2.19. The van der Waals surface area contributed by atoms with Crippen LogP contribution in [0, 0.1) is 5.92 Å². The summed E-state index contributed by atoms with van der Waals surface area (Å²) in [5.74, 6) is 1.58. The van der Waals surface area contributed by atoms with Gasteiger partial charge < -0.3 is 5.32 Å². The highest BCUT2D eigenvalue weighted by atomic mass is 35.5. The molecule has 0 radical (unpaired) electrons. The Morgan fingerprint density at radius 3 is 2.59 bits per heavy atom. The first-order valence-electron chi connectivity index (χ1n) is 5.74. The van der Waals surface area contributed by atoms with Gasteiger partial charge in [-0.1, -0.05) is 43.1 Å². The molecule has 1 aromatic carbocycles. The minimum absolute atomic E-state index is 0.606. The molecule has 1 nitrogen and oxygen atoms in total. The molecule has 0 heterocycles. The van der Waals surface area contributed by atoms with E-state index in [1.54, 1.807) is 6.07 Å². The zero-order valence-electron chi connectivity index (χ0n) is 10.5. The minimum Gasteiger partial charge on any atom is -0.319 e. The lowest BCUT2D eigenvalue weighted by atomic mass is 10.1. The third-order valence-corrected chi connectivity index (χ3v) is 4.90. The molecule has 2 unspecified atom stereocenters. The van der Waals surface area contributed by atoms with E-state index in [2.05, 4.69) is 19.2 Å². The van der Waals surface area contributed by atoms with E-state index >= 15 is 0 Å². The van der Waals surface area contributed by atoms with Gasteiger partial charge in [0.15, 0.2) is 0 Å². The molecule has 0 amide bonds. The molecular formula is C13H19Cl2NS. The molecule has 2 atom stereocenters. The second-order valence-corrected chi connectivity index (χ2v) is 6.50. The largest absolute Gasteiger partial charge is 0.319 e. The van der Waals surface area contributed by atoms with Gasteiger partial charge in [0.2, 0.25) is 0 Å². The van der Waals surface area contributed by atoms with Crippen molar-refractivity contribution in [3.05, 3.63) is 33.8 Å². The fourth-order valence-electron chi connectivity index (χ4n) is 1.51. The maximum Gasteiger partial charge on any atom is 0.0461 e. The lowest BCUT2D eigenvalue weighted by Crippen LogP contribution is -2.23. The topological polar surface area (TPSA) is 12.0 Å². The zero-order valence-corrected chi connectivity index (χ0v) is 12.8. The zero-order chi connectivity index (χ0) is 12.8. The first kappa shape index (κ1) is 15.2. The second-order valence-electron chi connectivity index (χ2n) is 4.29. The summed E-state index contributed by atoms with van der Waals surface area (Å²) in [6.07, 6.45) is 0. The predicted molar refractivity (Wildman–Crippen MR) is 80.3 cm³/mol. The van der Waals surface area contributed by atoms with Gasteiger partial charge in [-0.25, -0.2) is 0 Å². The summed E-state index contributed by atoms with van der Waals surface area (Å²) in [4.78, 5) is 0. The molecule has 0 aliphatic heterocycles. The van der Waals surface area contributed by atoms with Crippen LogP contribution in [0.1, 0.15) is 19.4 Å². The molecule has 4 heteroatoms. The summed E-state index contributed by atoms with van der Waals surface area (Å²) in [6.45, 7) is 5.57. The highest BCUT2D eigenvalue weighted by molar-refractivity contribution is 7.99. The van der Waals surface area contributed by atoms with Crippen molar-refractivity contribution in [3.63, 3.8) is 0 Å². The molecule has 17 heavy (non-hydrogen) atoms. The molecule has 0 fully saturated rings. The Bertz CT molecular complexity index is 357. The van der Waals surface area contributed by atoms with Crippen molar-refractivity contribution in [1.82, 2.24) is 5.32 Å². The van der Waals surface area contributed by atoms with Gasteiger partial charge in [-0.05, 0) is 37.2 Å². The fourth-order valence-corrected chi connectivity index (χ4v) is 3.19. The molecular weight excluding hydrogens is 273 g/mol. The summed E-state index contributed by atoms with van der Waals surface area (Å²) in [7, 11) is 1.99. The van der Waals surface area contributed by atoms with Gasteiger partial charge in [0.05, 0.1) is 0 Å². The van der Waals surface area contributed by atoms with Crippen molar-refractivity contribution in [3.8, 4) is 0 Å². The van der Waals surface area contributed by atoms with Gasteiger partial charge in [0, 0.05) is 21.0 Å². The highest BCUT2D eigenvalue weighted by Crippen LogP contribution is 2.28. The van der Waals surface area contributed by atoms with Crippen molar-refractivity contribution in [2.24, 2.45) is 5.92 Å². The normalized spacial score (nSPS) is 14.6. The molecule has 0 saturated carbocycles. The average molecular weight is 292 g/mol. The Labute approximate surface area is 118 Å². The van der Waals surface area contributed by atoms with E-state index in [1.165, 1.54) is 0 Å². The Kier molecular flexibility index (Phi) is 6.71. The number of halogens is 2. The van der Waals surface area contributed by atoms with Crippen LogP contribution in [-0.4, -0.2) is 18.8 Å². The van der Waals surface area contributed by atoms with Crippen molar-refractivity contribution in [2.75, 3.05) is 13.6 Å². The van der Waals surface area contributed by atoms with E-state index in [0.29, 0.717) is 16.2 Å². The maximum absolute atomic E-state index is 6.14. The van der Waals surface area contributed by atoms with Crippen LogP contribution in [0.4, 0.5) is 0 Å². The van der Waals surface area contributed by atoms with E-state index in [4.69, 9.17) is 23.2 Å². The molecule has 1 aromatic rings. The molecule has 0 saturated heterocycles. The van der Waals surface area contributed by atoms with Gasteiger partial charge in [-0.3, -0.25) is 0 Å². The molecule has 1 N–H and O–H groups in total. The fraction of sp³-hybridized carbons (Fsp3) is 0.538. The van der Waals surface area contributed by atoms with Gasteiger partial charge in [0.1, 0.15) is 0 Å². The Balaban J connectivity index is 2.49. The van der Waals surface area contributed by atoms with Gasteiger partial charge in [-0.2, -0.15) is 11.8 Å². The van der Waals surface area contributed by atoms with Crippen LogP contribution in [-0.2, 0) is 5.75 Å². The van der Waals surface area contributed by atoms with Crippen molar-refractivity contribution in [1.29, 1.82) is 0 Å². The van der Waals surface area contributed by atoms with Crippen LogP contribution in [0.15, 0.2) is 18.2 Å². The van der Waals surface area contributed by atoms with Crippen LogP contribution in [0.3, 0.4) is 0 Å². The molecule has 0 aliphatic carbocycles.